The molecule has 0 amide bonds. The second-order valence-electron chi connectivity index (χ2n) is 9.76. The molecule has 7 atom stereocenters. The lowest BCUT2D eigenvalue weighted by molar-refractivity contribution is -0.149. The lowest BCUT2D eigenvalue weighted by Gasteiger charge is -2.58. The van der Waals surface area contributed by atoms with E-state index in [0.29, 0.717) is 36.4 Å². The van der Waals surface area contributed by atoms with Gasteiger partial charge in [-0.1, -0.05) is 26.3 Å². The fourth-order valence-electron chi connectivity index (χ4n) is 7.49. The first kappa shape index (κ1) is 17.2. The van der Waals surface area contributed by atoms with Crippen molar-refractivity contribution in [1.29, 1.82) is 0 Å². The average molecular weight is 342 g/mol. The van der Waals surface area contributed by atoms with Gasteiger partial charge in [-0.05, 0) is 67.3 Å². The Labute approximate surface area is 150 Å². The van der Waals surface area contributed by atoms with Gasteiger partial charge in [-0.15, -0.1) is 0 Å². The Balaban J connectivity index is 1.77. The van der Waals surface area contributed by atoms with Crippen molar-refractivity contribution in [1.82, 2.24) is 0 Å². The standard InChI is InChI=1S/C22H30O3/c1-12-9-15-17-6-5-16(13(2)23)22(17,4)11-19(25)20(15)21(3)8-7-14(24)10-18(12)21/h10,12,15-17,20H,5-9,11H2,1-4H3/t12-,15+,16-,17+,20-,21-,22+/m0/s1. The van der Waals surface area contributed by atoms with E-state index in [1.807, 2.05) is 6.08 Å². The quantitative estimate of drug-likeness (QED) is 0.719. The molecule has 0 aromatic rings. The summed E-state index contributed by atoms with van der Waals surface area (Å²) in [5.41, 5.74) is 0.928. The molecule has 0 heterocycles. The van der Waals surface area contributed by atoms with Crippen LogP contribution in [0.25, 0.3) is 0 Å². The van der Waals surface area contributed by atoms with Crippen molar-refractivity contribution in [3.8, 4) is 0 Å². The number of carbonyl (C=O) groups is 3. The van der Waals surface area contributed by atoms with Crippen LogP contribution in [0.1, 0.15) is 66.2 Å². The second-order valence-corrected chi connectivity index (χ2v) is 9.76. The third kappa shape index (κ3) is 2.20. The summed E-state index contributed by atoms with van der Waals surface area (Å²) in [5, 5.41) is 0. The van der Waals surface area contributed by atoms with Gasteiger partial charge in [0.2, 0.25) is 0 Å². The zero-order valence-electron chi connectivity index (χ0n) is 15.9. The van der Waals surface area contributed by atoms with Gasteiger partial charge in [0, 0.05) is 24.7 Å². The molecule has 4 aliphatic carbocycles. The third-order valence-corrected chi connectivity index (χ3v) is 8.46. The zero-order valence-corrected chi connectivity index (χ0v) is 15.9. The first-order chi connectivity index (χ1) is 11.7. The van der Waals surface area contributed by atoms with Crippen LogP contribution < -0.4 is 0 Å². The fourth-order valence-corrected chi connectivity index (χ4v) is 7.49. The molecule has 25 heavy (non-hydrogen) atoms. The first-order valence-corrected chi connectivity index (χ1v) is 9.96. The summed E-state index contributed by atoms with van der Waals surface area (Å²) in [6, 6.07) is 0. The highest BCUT2D eigenvalue weighted by atomic mass is 16.1. The first-order valence-electron chi connectivity index (χ1n) is 9.96. The minimum Gasteiger partial charge on any atom is -0.300 e. The van der Waals surface area contributed by atoms with E-state index < -0.39 is 0 Å². The number of rotatable bonds is 1. The highest BCUT2D eigenvalue weighted by molar-refractivity contribution is 5.93. The van der Waals surface area contributed by atoms with Crippen LogP contribution in [0.3, 0.4) is 0 Å². The molecular formula is C22H30O3. The van der Waals surface area contributed by atoms with Crippen molar-refractivity contribution >= 4 is 17.3 Å². The largest absolute Gasteiger partial charge is 0.300 e. The van der Waals surface area contributed by atoms with E-state index >= 15 is 0 Å². The van der Waals surface area contributed by atoms with Gasteiger partial charge in [0.25, 0.3) is 0 Å². The fraction of sp³-hybridized carbons (Fsp3) is 0.773. The molecule has 0 aromatic carbocycles. The summed E-state index contributed by atoms with van der Waals surface area (Å²) < 4.78 is 0. The molecule has 0 aromatic heterocycles. The maximum atomic E-state index is 13.4. The van der Waals surface area contributed by atoms with Gasteiger partial charge < -0.3 is 0 Å². The SMILES string of the molecule is CC(=O)[C@@H]1CC[C@@H]2[C@H]3C[C@H](C)C4=CC(=O)CC[C@]4(C)[C@@H]3C(=O)C[C@@]21C. The van der Waals surface area contributed by atoms with Crippen molar-refractivity contribution < 1.29 is 14.4 Å². The van der Waals surface area contributed by atoms with Crippen molar-refractivity contribution in [2.24, 2.45) is 40.4 Å². The molecule has 0 aliphatic heterocycles. The van der Waals surface area contributed by atoms with E-state index in [1.165, 1.54) is 5.57 Å². The van der Waals surface area contributed by atoms with E-state index in [2.05, 4.69) is 20.8 Å². The summed E-state index contributed by atoms with van der Waals surface area (Å²) >= 11 is 0. The normalized spacial score (nSPS) is 49.1. The lowest BCUT2D eigenvalue weighted by Crippen LogP contribution is -2.56. The van der Waals surface area contributed by atoms with Gasteiger partial charge in [0.15, 0.2) is 5.78 Å². The number of Topliss-reactive ketones (excluding diaryl/α,β-unsaturated/α-hetero) is 2. The summed E-state index contributed by atoms with van der Waals surface area (Å²) in [6.45, 7) is 8.37. The molecule has 136 valence electrons. The van der Waals surface area contributed by atoms with Gasteiger partial charge in [-0.3, -0.25) is 14.4 Å². The molecule has 4 aliphatic rings. The smallest absolute Gasteiger partial charge is 0.155 e. The number of hydrogen-bond donors (Lipinski definition) is 0. The molecule has 0 N–H and O–H groups in total. The van der Waals surface area contributed by atoms with Gasteiger partial charge >= 0.3 is 0 Å². The van der Waals surface area contributed by atoms with Crippen molar-refractivity contribution in [3.05, 3.63) is 11.6 Å². The lowest BCUT2D eigenvalue weighted by atomic mass is 9.45. The topological polar surface area (TPSA) is 51.2 Å². The Morgan fingerprint density at radius 2 is 1.92 bits per heavy atom. The highest BCUT2D eigenvalue weighted by Gasteiger charge is 2.63. The molecule has 4 rings (SSSR count). The van der Waals surface area contributed by atoms with Crippen LogP contribution in [0.5, 0.6) is 0 Å². The minimum atomic E-state index is -0.150. The Morgan fingerprint density at radius 1 is 1.20 bits per heavy atom. The summed E-state index contributed by atoms with van der Waals surface area (Å²) in [6.07, 6.45) is 6.81. The Bertz CT molecular complexity index is 689. The zero-order chi connectivity index (χ0) is 18.1. The van der Waals surface area contributed by atoms with Gasteiger partial charge in [-0.25, -0.2) is 0 Å². The van der Waals surface area contributed by atoms with Gasteiger partial charge in [0.1, 0.15) is 11.6 Å². The summed E-state index contributed by atoms with van der Waals surface area (Å²) in [5.74, 6) is 2.15. The van der Waals surface area contributed by atoms with Crippen LogP contribution in [0.2, 0.25) is 0 Å². The molecule has 0 bridgehead atoms. The molecule has 3 heteroatoms. The predicted octanol–water partition coefficient (Wildman–Crippen LogP) is 4.15. The van der Waals surface area contributed by atoms with Gasteiger partial charge in [0.05, 0.1) is 0 Å². The van der Waals surface area contributed by atoms with Gasteiger partial charge in [-0.2, -0.15) is 0 Å². The summed E-state index contributed by atoms with van der Waals surface area (Å²) in [4.78, 5) is 37.6. The van der Waals surface area contributed by atoms with Crippen LogP contribution in [-0.4, -0.2) is 17.3 Å². The summed E-state index contributed by atoms with van der Waals surface area (Å²) in [7, 11) is 0. The van der Waals surface area contributed by atoms with Crippen LogP contribution in [0, 0.1) is 40.4 Å². The maximum Gasteiger partial charge on any atom is 0.155 e. The molecule has 0 unspecified atom stereocenters. The Hall–Kier alpha value is -1.25. The van der Waals surface area contributed by atoms with E-state index in [4.69, 9.17) is 0 Å². The van der Waals surface area contributed by atoms with Crippen molar-refractivity contribution in [2.45, 2.75) is 66.2 Å². The Morgan fingerprint density at radius 3 is 2.60 bits per heavy atom. The number of allylic oxidation sites excluding steroid dienone is 1. The van der Waals surface area contributed by atoms with Crippen LogP contribution in [0.15, 0.2) is 11.6 Å². The highest BCUT2D eigenvalue weighted by Crippen LogP contribution is 2.66. The molecule has 3 fully saturated rings. The Kier molecular flexibility index (Phi) is 3.69. The molecule has 0 radical (unpaired) electrons. The predicted molar refractivity (Wildman–Crippen MR) is 95.8 cm³/mol. The average Bonchev–Trinajstić information content (AvgIpc) is 2.85. The maximum absolute atomic E-state index is 13.4. The van der Waals surface area contributed by atoms with Crippen molar-refractivity contribution in [2.75, 3.05) is 0 Å². The number of hydrogen-bond acceptors (Lipinski definition) is 3. The van der Waals surface area contributed by atoms with E-state index in [1.54, 1.807) is 6.92 Å². The van der Waals surface area contributed by atoms with Crippen LogP contribution in [0.4, 0.5) is 0 Å². The number of ketones is 3. The number of fused-ring (bicyclic) bond motifs is 5. The van der Waals surface area contributed by atoms with Crippen LogP contribution >= 0.6 is 0 Å². The van der Waals surface area contributed by atoms with E-state index in [0.717, 1.165) is 25.7 Å². The molecule has 0 spiro atoms. The molecular weight excluding hydrogens is 312 g/mol. The molecule has 0 saturated heterocycles. The van der Waals surface area contributed by atoms with E-state index in [9.17, 15) is 14.4 Å². The minimum absolute atomic E-state index is 0.0480. The van der Waals surface area contributed by atoms with Crippen molar-refractivity contribution in [3.63, 3.8) is 0 Å². The molecule has 3 nitrogen and oxygen atoms in total. The number of carbonyl (C=O) groups excluding carboxylic acids is 3. The monoisotopic (exact) mass is 342 g/mol. The molecule has 3 saturated carbocycles. The van der Waals surface area contributed by atoms with Crippen LogP contribution in [-0.2, 0) is 14.4 Å². The second kappa shape index (κ2) is 5.37. The van der Waals surface area contributed by atoms with E-state index in [-0.39, 0.29) is 34.2 Å². The third-order valence-electron chi connectivity index (χ3n) is 8.46.